The molecular weight excluding hydrogens is 1450 g/mol. The molecule has 26 nitrogen and oxygen atoms in total. The van der Waals surface area contributed by atoms with Gasteiger partial charge in [0.15, 0.2) is 0 Å². The molecule has 0 spiro atoms. The molecule has 0 amide bonds. The van der Waals surface area contributed by atoms with Crippen molar-refractivity contribution in [2.24, 2.45) is 5.34 Å². The Morgan fingerprint density at radius 2 is 0.731 bits per heavy atom. The summed E-state index contributed by atoms with van der Waals surface area (Å²) in [5.74, 6) is 0.930. The Bertz CT molecular complexity index is 4750. The molecule has 3 aliphatic heterocycles. The van der Waals surface area contributed by atoms with Crippen molar-refractivity contribution in [2.75, 3.05) is 11.5 Å². The fraction of sp³-hybridized carbons (Fsp3) is 0.299. The van der Waals surface area contributed by atoms with E-state index in [1.807, 2.05) is 152 Å². The Morgan fingerprint density at radius 1 is 0.407 bits per heavy atom. The molecule has 3 saturated heterocycles. The number of aryl methyl sites for hydroxylation is 5. The maximum absolute atomic E-state index is 9.73. The molecule has 0 unspecified atom stereocenters. The van der Waals surface area contributed by atoms with Crippen LogP contribution in [0.25, 0.3) is 32.9 Å². The molecule has 11 N–H and O–H groups in total. The molecule has 108 heavy (non-hydrogen) atoms. The van der Waals surface area contributed by atoms with E-state index < -0.39 is 21.1 Å². The smallest absolute Gasteiger partial charge is 0.508 e. The van der Waals surface area contributed by atoms with Crippen molar-refractivity contribution in [3.05, 3.63) is 197 Å². The van der Waals surface area contributed by atoms with E-state index in [0.717, 1.165) is 44.2 Å². The van der Waals surface area contributed by atoms with Crippen LogP contribution >= 0.6 is 15.9 Å². The molecule has 1 aromatic heterocycles. The minimum Gasteiger partial charge on any atom is -0.508 e. The average molecular weight is 1540 g/mol. The Kier molecular flexibility index (Phi) is 30.9. The maximum Gasteiger partial charge on any atom is 1.00 e. The maximum atomic E-state index is 9.73. The Hall–Kier alpha value is -10.7. The number of fused-ring (bicyclic) bond motifs is 3. The standard InChI is InChI=1S/C15H8N4O.C15H11N3O.C13H19BO3.C12H24B2O4.C8H4BrN3.2C7H8O2.HNO2.Na/c1-8-2-11(20)5-13-12-3-9(6-16)10(7-17)4-14(12)18-19-15(8)13;1-9-2-10(4-13(19)3-9)14-5-11(7-16)12(8-17)6-15(14)18;1-9-6-10(8-11(15)7-9)14-16-12(2,3)13(4,5)17-14;1-9(2)10(3,4)16-13(15-9)14-17-11(5,6)12(7,8)18-14;9-7-1-5(3-10)6(4-11)2-8(7)12;2*1-5-2-6(8)4-7(9)3-5;2-1-3;/h2-5,20H,1H3;2-6,19H,18H2,1H3;6-8,15H,1-5H3;1-8H3;1-2H,12H2;2*2-4,8-9H,1H3;(H,2,3);/q;;;;;;;;+1/p-1. The Labute approximate surface area is 659 Å². The van der Waals surface area contributed by atoms with Gasteiger partial charge in [-0.1, -0.05) is 12.1 Å². The molecule has 12 rings (SSSR count). The molecule has 0 aliphatic carbocycles. The van der Waals surface area contributed by atoms with Crippen LogP contribution in [-0.2, 0) is 27.9 Å². The minimum absolute atomic E-state index is 0. The van der Waals surface area contributed by atoms with Gasteiger partial charge in [-0.05, 0) is 270 Å². The SMILES string of the molecule is CC1(C)OB(B2OC(C)(C)C(C)(C)O2)OC1(C)C.Cc1cc(O)cc(-c2cc(C#N)c(C#N)cc2N)c1.Cc1cc(O)cc(B2OC(C)(C)C(C)(C)O2)c1.Cc1cc(O)cc(O)c1.Cc1cc(O)cc(O)c1.Cc1cc(O)cc2c1nnc1cc(C#N)c(C#N)cc12.N#Cc1cc(N)c(Br)cc1C#N.O=N[O-].[Na+]. The quantitative estimate of drug-likeness (QED) is 0.0261. The van der Waals surface area contributed by atoms with Gasteiger partial charge in [0.05, 0.1) is 78.0 Å². The minimum atomic E-state index is -0.476. The number of hydrogen-bond donors (Lipinski definition) is 9. The van der Waals surface area contributed by atoms with E-state index in [2.05, 4.69) is 26.1 Å². The first-order chi connectivity index (χ1) is 49.7. The fourth-order valence-corrected chi connectivity index (χ4v) is 10.8. The van der Waals surface area contributed by atoms with E-state index in [1.165, 1.54) is 30.3 Å². The van der Waals surface area contributed by atoms with Gasteiger partial charge in [0.25, 0.3) is 0 Å². The number of hydrogen-bond acceptors (Lipinski definition) is 26. The summed E-state index contributed by atoms with van der Waals surface area (Å²) in [4.78, 5) is 8.00. The third kappa shape index (κ3) is 23.2. The van der Waals surface area contributed by atoms with Crippen LogP contribution in [0.1, 0.15) is 144 Å². The molecular formula is C77H82B3BrN11NaO15. The van der Waals surface area contributed by atoms with E-state index in [-0.39, 0.29) is 126 Å². The van der Waals surface area contributed by atoms with Crippen LogP contribution in [0.3, 0.4) is 0 Å². The second-order valence-corrected chi connectivity index (χ2v) is 28.8. The van der Waals surface area contributed by atoms with Gasteiger partial charge in [-0.2, -0.15) is 31.6 Å². The van der Waals surface area contributed by atoms with Crippen LogP contribution in [0, 0.1) is 113 Å². The third-order valence-electron chi connectivity index (χ3n) is 17.9. The number of phenols is 7. The van der Waals surface area contributed by atoms with Gasteiger partial charge in [0.1, 0.15) is 76.7 Å². The van der Waals surface area contributed by atoms with Gasteiger partial charge in [-0.25, -0.2) is 0 Å². The molecule has 31 heteroatoms. The van der Waals surface area contributed by atoms with Crippen molar-refractivity contribution < 1.29 is 93.2 Å². The van der Waals surface area contributed by atoms with Gasteiger partial charge < -0.3 is 85.3 Å². The van der Waals surface area contributed by atoms with Gasteiger partial charge >= 0.3 is 50.7 Å². The van der Waals surface area contributed by atoms with Gasteiger partial charge in [-0.3, -0.25) is 0 Å². The summed E-state index contributed by atoms with van der Waals surface area (Å²) in [5, 5.41) is 136. The topological polar surface area (TPSA) is 470 Å². The number of phenolic OH excluding ortho intramolecular Hbond substituents is 7. The molecule has 3 fully saturated rings. The zero-order valence-corrected chi connectivity index (χ0v) is 66.8. The van der Waals surface area contributed by atoms with E-state index >= 15 is 0 Å². The zero-order chi connectivity index (χ0) is 80.6. The normalized spacial score (nSPS) is 15.0. The summed E-state index contributed by atoms with van der Waals surface area (Å²) < 4.78 is 36.3. The van der Waals surface area contributed by atoms with Crippen molar-refractivity contribution in [2.45, 2.75) is 151 Å². The summed E-state index contributed by atoms with van der Waals surface area (Å²) in [6.45, 7) is 33.5. The molecule has 0 atom stereocenters. The average Bonchev–Trinajstić information content (AvgIpc) is 1.53. The Morgan fingerprint density at radius 3 is 1.12 bits per heavy atom. The van der Waals surface area contributed by atoms with Crippen molar-refractivity contribution in [3.63, 3.8) is 0 Å². The van der Waals surface area contributed by atoms with Crippen LogP contribution in [0.15, 0.2) is 131 Å². The number of halogens is 1. The molecule has 0 saturated carbocycles. The number of rotatable bonds is 3. The van der Waals surface area contributed by atoms with Gasteiger partial charge in [0, 0.05) is 44.3 Å². The van der Waals surface area contributed by atoms with E-state index in [0.29, 0.717) is 54.3 Å². The number of nitrogens with two attached hydrogens (primary N) is 2. The zero-order valence-electron chi connectivity index (χ0n) is 63.2. The van der Waals surface area contributed by atoms with E-state index in [1.54, 1.807) is 92.7 Å². The van der Waals surface area contributed by atoms with Crippen LogP contribution < -0.4 is 46.5 Å². The van der Waals surface area contributed by atoms with E-state index in [4.69, 9.17) is 102 Å². The predicted octanol–water partition coefficient (Wildman–Crippen LogP) is 11.3. The summed E-state index contributed by atoms with van der Waals surface area (Å²) in [6, 6.07) is 43.5. The Balaban J connectivity index is 0.000000269. The van der Waals surface area contributed by atoms with Crippen molar-refractivity contribution in [1.82, 2.24) is 10.2 Å². The largest absolute Gasteiger partial charge is 1.00 e. The molecule has 0 bridgehead atoms. The second kappa shape index (κ2) is 37.2. The van der Waals surface area contributed by atoms with Crippen LogP contribution in [-0.4, -0.2) is 101 Å². The van der Waals surface area contributed by atoms with Gasteiger partial charge in [0.2, 0.25) is 0 Å². The number of aromatic nitrogens is 2. The number of nitrogen functional groups attached to an aromatic ring is 2. The molecule has 0 radical (unpaired) electrons. The monoisotopic (exact) mass is 1540 g/mol. The first-order valence-corrected chi connectivity index (χ1v) is 33.5. The first kappa shape index (κ1) is 89.7. The summed E-state index contributed by atoms with van der Waals surface area (Å²) in [6.07, 6.45) is 0. The van der Waals surface area contributed by atoms with Crippen molar-refractivity contribution in [1.29, 1.82) is 31.6 Å². The van der Waals surface area contributed by atoms with Gasteiger partial charge in [-0.15, -0.1) is 15.5 Å². The second-order valence-electron chi connectivity index (χ2n) is 28.0. The van der Waals surface area contributed by atoms with Crippen molar-refractivity contribution >= 4 is 75.7 Å². The molecule has 552 valence electrons. The first-order valence-electron chi connectivity index (χ1n) is 32.7. The number of nitrogens with zero attached hydrogens (tertiary/aromatic N) is 9. The van der Waals surface area contributed by atoms with Crippen LogP contribution in [0.4, 0.5) is 11.4 Å². The molecule has 8 aromatic carbocycles. The molecule has 3 aliphatic rings. The summed E-state index contributed by atoms with van der Waals surface area (Å²) >= 11 is 3.16. The van der Waals surface area contributed by atoms with Crippen LogP contribution in [0.5, 0.6) is 40.2 Å². The predicted molar refractivity (Wildman–Crippen MR) is 412 cm³/mol. The fourth-order valence-electron chi connectivity index (χ4n) is 10.4. The number of aromatic hydroxyl groups is 7. The number of nitriles is 6. The van der Waals surface area contributed by atoms with E-state index in [9.17, 15) is 15.3 Å². The van der Waals surface area contributed by atoms with Crippen molar-refractivity contribution in [3.8, 4) is 87.8 Å². The molecule has 4 heterocycles. The summed E-state index contributed by atoms with van der Waals surface area (Å²) in [5.41, 5.74) is 19.7. The van der Waals surface area contributed by atoms with Crippen LogP contribution in [0.2, 0.25) is 0 Å². The molecule has 9 aromatic rings. The summed E-state index contributed by atoms with van der Waals surface area (Å²) in [7, 11) is -1.36. The number of benzene rings is 8. The third-order valence-corrected chi connectivity index (χ3v) is 18.5. The number of anilines is 2.